The molecule has 1 fully saturated rings. The minimum atomic E-state index is -0.675. The summed E-state index contributed by atoms with van der Waals surface area (Å²) in [4.78, 5) is 28.9. The summed E-state index contributed by atoms with van der Waals surface area (Å²) in [5.74, 6) is 0.928. The Morgan fingerprint density at radius 1 is 1.21 bits per heavy atom. The molecule has 0 unspecified atom stereocenters. The monoisotopic (exact) mass is 531 g/mol. The second kappa shape index (κ2) is 11.0. The van der Waals surface area contributed by atoms with E-state index in [4.69, 9.17) is 15.8 Å². The number of ketones is 1. The van der Waals surface area contributed by atoms with Gasteiger partial charge in [-0.3, -0.25) is 14.8 Å². The zero-order valence-electron chi connectivity index (χ0n) is 23.6. The number of hydrogen-bond acceptors (Lipinski definition) is 6. The molecule has 0 radical (unpaired) electrons. The Bertz CT molecular complexity index is 1380. The van der Waals surface area contributed by atoms with Gasteiger partial charge < -0.3 is 9.26 Å². The molecule has 1 aromatic carbocycles. The lowest BCUT2D eigenvalue weighted by Crippen LogP contribution is -2.28. The lowest BCUT2D eigenvalue weighted by molar-refractivity contribution is -0.118. The number of amides is 1. The lowest BCUT2D eigenvalue weighted by atomic mass is 9.68. The van der Waals surface area contributed by atoms with Crippen molar-refractivity contribution in [3.63, 3.8) is 0 Å². The van der Waals surface area contributed by atoms with E-state index in [9.17, 15) is 9.59 Å². The lowest BCUT2D eigenvalue weighted by Gasteiger charge is -2.37. The van der Waals surface area contributed by atoms with Gasteiger partial charge in [0, 0.05) is 18.5 Å². The number of aromatic nitrogens is 3. The van der Waals surface area contributed by atoms with Crippen molar-refractivity contribution in [3.05, 3.63) is 58.8 Å². The van der Waals surface area contributed by atoms with Gasteiger partial charge in [0.05, 0.1) is 18.7 Å². The number of hydrogen-bond donors (Lipinski definition) is 1. The van der Waals surface area contributed by atoms with E-state index in [1.54, 1.807) is 25.5 Å². The zero-order valence-corrected chi connectivity index (χ0v) is 23.6. The van der Waals surface area contributed by atoms with Gasteiger partial charge in [-0.05, 0) is 70.4 Å². The maximum atomic E-state index is 12.7. The molecule has 3 aromatic rings. The molecular weight excluding hydrogens is 494 g/mol. The van der Waals surface area contributed by atoms with E-state index in [1.165, 1.54) is 19.3 Å². The van der Waals surface area contributed by atoms with Crippen LogP contribution in [0.25, 0.3) is 16.1 Å². The number of ether oxygens (including phenoxy) is 1. The molecule has 0 saturated heterocycles. The third kappa shape index (κ3) is 6.94. The number of nitrogens with one attached hydrogen (secondary N) is 1. The van der Waals surface area contributed by atoms with E-state index >= 15 is 0 Å². The van der Waals surface area contributed by atoms with Crippen molar-refractivity contribution in [3.8, 4) is 11.3 Å². The molecule has 206 valence electrons. The van der Waals surface area contributed by atoms with Crippen LogP contribution < -0.4 is 5.32 Å². The van der Waals surface area contributed by atoms with Crippen LogP contribution in [0.1, 0.15) is 83.9 Å². The van der Waals surface area contributed by atoms with Gasteiger partial charge in [-0.15, -0.1) is 0 Å². The van der Waals surface area contributed by atoms with Gasteiger partial charge >= 0.3 is 6.09 Å². The fourth-order valence-electron chi connectivity index (χ4n) is 4.80. The maximum absolute atomic E-state index is 12.7. The van der Waals surface area contributed by atoms with E-state index < -0.39 is 11.7 Å². The molecule has 0 spiro atoms. The Kier molecular flexibility index (Phi) is 7.96. The second-order valence-electron chi connectivity index (χ2n) is 12.0. The molecule has 1 saturated carbocycles. The van der Waals surface area contributed by atoms with E-state index in [2.05, 4.69) is 27.3 Å². The molecule has 0 aliphatic heterocycles. The van der Waals surface area contributed by atoms with Crippen molar-refractivity contribution in [1.29, 1.82) is 0 Å². The number of rotatable bonds is 9. The normalized spacial score (nSPS) is 14.5. The van der Waals surface area contributed by atoms with Gasteiger partial charge in [-0.1, -0.05) is 42.8 Å². The highest BCUT2D eigenvalue weighted by atomic mass is 16.6. The molecule has 39 heavy (non-hydrogen) atoms. The van der Waals surface area contributed by atoms with Gasteiger partial charge in [0.15, 0.2) is 0 Å². The molecule has 2 aromatic heterocycles. The molecule has 0 atom stereocenters. The van der Waals surface area contributed by atoms with Crippen LogP contribution in [-0.4, -0.2) is 32.4 Å². The quantitative estimate of drug-likeness (QED) is 0.295. The molecule has 1 aliphatic carbocycles. The number of carbonyl (C=O) groups is 2. The van der Waals surface area contributed by atoms with Gasteiger partial charge in [0.2, 0.25) is 0 Å². The molecule has 1 N–H and O–H groups in total. The van der Waals surface area contributed by atoms with Crippen LogP contribution in [0.5, 0.6) is 0 Å². The largest absolute Gasteiger partial charge is 0.444 e. The van der Waals surface area contributed by atoms with Crippen LogP contribution >= 0.6 is 0 Å². The minimum absolute atomic E-state index is 0.0371. The van der Waals surface area contributed by atoms with Crippen LogP contribution in [0.2, 0.25) is 0 Å². The Morgan fingerprint density at radius 2 is 1.90 bits per heavy atom. The van der Waals surface area contributed by atoms with E-state index in [0.717, 1.165) is 17.7 Å². The molecule has 4 rings (SSSR count). The first kappa shape index (κ1) is 28.1. The molecule has 1 amide bonds. The summed E-state index contributed by atoms with van der Waals surface area (Å²) >= 11 is 0. The standard InChI is InChI=1S/C30H37N5O4/c1-19(2)35-27(32-28(37)38-29(3,4)5)26(31-7)25(33-35)21-11-9-20(10-12-21)15-23(36)17-24-16-22(34-39-24)18-30(6)13-8-14-30/h9-12,16,19H,8,13-15,17-18H2,1-6H3,(H,32,37). The summed E-state index contributed by atoms with van der Waals surface area (Å²) in [6.45, 7) is 19.2. The summed E-state index contributed by atoms with van der Waals surface area (Å²) in [7, 11) is 0. The average Bonchev–Trinajstić information content (AvgIpc) is 3.41. The molecule has 2 heterocycles. The highest BCUT2D eigenvalue weighted by molar-refractivity contribution is 5.93. The summed E-state index contributed by atoms with van der Waals surface area (Å²) < 4.78 is 12.4. The number of benzene rings is 1. The predicted molar refractivity (Wildman–Crippen MR) is 149 cm³/mol. The topological polar surface area (TPSA) is 104 Å². The highest BCUT2D eigenvalue weighted by Gasteiger charge is 2.33. The SMILES string of the molecule is [C-]#[N+]c1c(-c2ccc(CC(=O)Cc3cc(CC4(C)CCC4)no3)cc2)nn(C(C)C)c1NC(=O)OC(C)(C)C. The van der Waals surface area contributed by atoms with E-state index in [0.29, 0.717) is 28.3 Å². The van der Waals surface area contributed by atoms with Crippen molar-refractivity contribution in [1.82, 2.24) is 14.9 Å². The summed E-state index contributed by atoms with van der Waals surface area (Å²) in [5.41, 5.74) is 2.81. The van der Waals surface area contributed by atoms with Crippen molar-refractivity contribution in [2.45, 2.75) is 91.7 Å². The van der Waals surface area contributed by atoms with Gasteiger partial charge in [-0.2, -0.15) is 5.10 Å². The number of nitrogens with zero attached hydrogens (tertiary/aromatic N) is 4. The Morgan fingerprint density at radius 3 is 2.46 bits per heavy atom. The highest BCUT2D eigenvalue weighted by Crippen LogP contribution is 2.43. The van der Waals surface area contributed by atoms with Gasteiger partial charge in [-0.25, -0.2) is 9.64 Å². The maximum Gasteiger partial charge on any atom is 0.412 e. The summed E-state index contributed by atoms with van der Waals surface area (Å²) in [6, 6.07) is 9.21. The van der Waals surface area contributed by atoms with Gasteiger partial charge in [0.1, 0.15) is 28.7 Å². The smallest absolute Gasteiger partial charge is 0.412 e. The Balaban J connectivity index is 1.45. The molecule has 9 nitrogen and oxygen atoms in total. The summed E-state index contributed by atoms with van der Waals surface area (Å²) in [6.07, 6.45) is 4.38. The fourth-order valence-corrected chi connectivity index (χ4v) is 4.80. The average molecular weight is 532 g/mol. The first-order valence-corrected chi connectivity index (χ1v) is 13.4. The Labute approximate surface area is 229 Å². The number of Topliss-reactive ketones (excluding diaryl/α,β-unsaturated/α-hetero) is 1. The second-order valence-corrected chi connectivity index (χ2v) is 12.0. The van der Waals surface area contributed by atoms with Crippen LogP contribution in [0.4, 0.5) is 16.3 Å². The molecular formula is C30H37N5O4. The molecule has 1 aliphatic rings. The third-order valence-electron chi connectivity index (χ3n) is 6.88. The number of carbonyl (C=O) groups excluding carboxylic acids is 2. The van der Waals surface area contributed by atoms with Crippen LogP contribution in [0.3, 0.4) is 0 Å². The predicted octanol–water partition coefficient (Wildman–Crippen LogP) is 7.10. The first-order valence-electron chi connectivity index (χ1n) is 13.4. The molecule has 9 heteroatoms. The van der Waals surface area contributed by atoms with Crippen molar-refractivity contribution < 1.29 is 18.8 Å². The van der Waals surface area contributed by atoms with Crippen molar-refractivity contribution >= 4 is 23.4 Å². The van der Waals surface area contributed by atoms with Crippen molar-refractivity contribution in [2.75, 3.05) is 5.32 Å². The first-order chi connectivity index (χ1) is 18.4. The minimum Gasteiger partial charge on any atom is -0.444 e. The van der Waals surface area contributed by atoms with E-state index in [-0.39, 0.29) is 30.4 Å². The third-order valence-corrected chi connectivity index (χ3v) is 6.88. The van der Waals surface area contributed by atoms with Gasteiger partial charge in [0.25, 0.3) is 5.69 Å². The zero-order chi connectivity index (χ0) is 28.4. The van der Waals surface area contributed by atoms with Crippen LogP contribution in [0, 0.1) is 12.0 Å². The Hall–Kier alpha value is -3.93. The fraction of sp³-hybridized carbons (Fsp3) is 0.500. The summed E-state index contributed by atoms with van der Waals surface area (Å²) in [5, 5.41) is 11.5. The van der Waals surface area contributed by atoms with Crippen molar-refractivity contribution in [2.24, 2.45) is 5.41 Å². The van der Waals surface area contributed by atoms with E-state index in [1.807, 2.05) is 44.2 Å². The number of anilines is 1. The molecule has 0 bridgehead atoms. The van der Waals surface area contributed by atoms with Crippen LogP contribution in [0.15, 0.2) is 34.9 Å². The van der Waals surface area contributed by atoms with Crippen LogP contribution in [-0.2, 0) is 28.8 Å².